The number of aromatic amines is 1. The number of nitrogens with one attached hydrogen (secondary N) is 2. The second-order valence-electron chi connectivity index (χ2n) is 10.9. The van der Waals surface area contributed by atoms with Gasteiger partial charge in [0.25, 0.3) is 0 Å². The summed E-state index contributed by atoms with van der Waals surface area (Å²) in [5.41, 5.74) is 1.34. The van der Waals surface area contributed by atoms with Gasteiger partial charge in [-0.2, -0.15) is 0 Å². The van der Waals surface area contributed by atoms with Crippen LogP contribution in [-0.4, -0.2) is 47.8 Å². The lowest BCUT2D eigenvalue weighted by Crippen LogP contribution is -2.42. The van der Waals surface area contributed by atoms with Crippen LogP contribution < -0.4 is 15.3 Å². The van der Waals surface area contributed by atoms with Crippen molar-refractivity contribution in [2.75, 3.05) is 11.9 Å². The number of H-pyrrole nitrogens is 1. The Hall–Kier alpha value is -2.97. The first-order valence-electron chi connectivity index (χ1n) is 12.9. The molecule has 212 valence electrons. The van der Waals surface area contributed by atoms with E-state index >= 15 is 0 Å². The molecule has 0 radical (unpaired) electrons. The molecule has 0 spiro atoms. The number of carbonyl (C=O) groups is 3. The summed E-state index contributed by atoms with van der Waals surface area (Å²) in [4.78, 5) is 57.3. The molecule has 3 aromatic rings. The first kappa shape index (κ1) is 26.9. The van der Waals surface area contributed by atoms with Gasteiger partial charge in [0.15, 0.2) is 0 Å². The molecule has 10 nitrogen and oxygen atoms in total. The molecule has 41 heavy (non-hydrogen) atoms. The molecule has 7 atom stereocenters. The number of primary sulfonamides is 1. The lowest BCUT2D eigenvalue weighted by atomic mass is 9.68. The summed E-state index contributed by atoms with van der Waals surface area (Å²) in [5, 5.41) is 9.22. The topological polar surface area (TPSA) is 159 Å². The second-order valence-corrected chi connectivity index (χ2v) is 15.1. The van der Waals surface area contributed by atoms with Crippen LogP contribution in [0.1, 0.15) is 22.8 Å². The summed E-state index contributed by atoms with van der Waals surface area (Å²) in [6, 6.07) is 12.9. The molecule has 2 aromatic carbocycles. The number of carbonyl (C=O) groups excluding carboxylic acids is 3. The zero-order valence-corrected chi connectivity index (χ0v) is 24.4. The first-order chi connectivity index (χ1) is 19.5. The highest BCUT2D eigenvalue weighted by Crippen LogP contribution is 2.68. The van der Waals surface area contributed by atoms with E-state index in [0.717, 1.165) is 26.8 Å². The number of hydrogen-bond acceptors (Lipinski definition) is 8. The van der Waals surface area contributed by atoms with Crippen molar-refractivity contribution >= 4 is 68.1 Å². The number of fused-ring (bicyclic) bond motifs is 9. The highest BCUT2D eigenvalue weighted by molar-refractivity contribution is 8.00. The van der Waals surface area contributed by atoms with E-state index in [1.165, 1.54) is 35.6 Å². The zero-order valence-electron chi connectivity index (χ0n) is 21.2. The van der Waals surface area contributed by atoms with Crippen molar-refractivity contribution in [1.82, 2.24) is 9.88 Å². The predicted molar refractivity (Wildman–Crippen MR) is 153 cm³/mol. The zero-order chi connectivity index (χ0) is 28.8. The molecule has 1 saturated heterocycles. The Kier molecular flexibility index (Phi) is 6.25. The average Bonchev–Trinajstić information content (AvgIpc) is 3.65. The number of aromatic nitrogens is 1. The molecule has 4 aliphatic rings. The Morgan fingerprint density at radius 3 is 2.34 bits per heavy atom. The van der Waals surface area contributed by atoms with Gasteiger partial charge < -0.3 is 10.3 Å². The molecule has 3 amide bonds. The normalized spacial score (nSPS) is 29.8. The van der Waals surface area contributed by atoms with Crippen molar-refractivity contribution in [2.45, 2.75) is 27.5 Å². The van der Waals surface area contributed by atoms with Crippen LogP contribution in [0.3, 0.4) is 0 Å². The maximum Gasteiger partial charge on any atom is 0.305 e. The molecule has 3 fully saturated rings. The number of nitrogens with zero attached hydrogens (tertiary/aromatic N) is 1. The summed E-state index contributed by atoms with van der Waals surface area (Å²) in [6.07, 6.45) is 0.745. The number of nitrogens with two attached hydrogens (primary N) is 1. The van der Waals surface area contributed by atoms with Crippen LogP contribution in [0.25, 0.3) is 0 Å². The monoisotopic (exact) mass is 630 g/mol. The average molecular weight is 631 g/mol. The summed E-state index contributed by atoms with van der Waals surface area (Å²) in [7, 11) is -3.88. The van der Waals surface area contributed by atoms with E-state index in [1.54, 1.807) is 11.8 Å². The number of amides is 3. The van der Waals surface area contributed by atoms with Gasteiger partial charge in [0.2, 0.25) is 27.7 Å². The number of imide groups is 1. The number of rotatable bonds is 5. The fourth-order valence-corrected chi connectivity index (χ4v) is 10.9. The van der Waals surface area contributed by atoms with Gasteiger partial charge in [-0.05, 0) is 66.1 Å². The Balaban J connectivity index is 1.14. The number of hydrogen-bond donors (Lipinski definition) is 3. The van der Waals surface area contributed by atoms with Gasteiger partial charge in [0.05, 0.1) is 21.8 Å². The van der Waals surface area contributed by atoms with E-state index in [1.807, 2.05) is 24.3 Å². The largest absolute Gasteiger partial charge is 0.325 e. The lowest BCUT2D eigenvalue weighted by molar-refractivity contribution is -0.143. The third-order valence-electron chi connectivity index (χ3n) is 8.81. The van der Waals surface area contributed by atoms with Crippen molar-refractivity contribution in [3.8, 4) is 0 Å². The third kappa shape index (κ3) is 4.28. The van der Waals surface area contributed by atoms with Crippen molar-refractivity contribution in [1.29, 1.82) is 0 Å². The van der Waals surface area contributed by atoms with Crippen molar-refractivity contribution in [2.24, 2.45) is 34.7 Å². The molecule has 2 saturated carbocycles. The van der Waals surface area contributed by atoms with E-state index in [2.05, 4.69) is 10.3 Å². The SMILES string of the molecule is NS(=O)(=O)c1ccc(NC(=O)CN2C(=O)C3C4CC(C3C2=O)C2C4Sc3[nH]c(=O)sc3[C@@H]2c2ccc(Cl)cc2)cc1. The van der Waals surface area contributed by atoms with E-state index in [0.29, 0.717) is 10.7 Å². The Morgan fingerprint density at radius 2 is 1.68 bits per heavy atom. The minimum absolute atomic E-state index is 0.0440. The van der Waals surface area contributed by atoms with Crippen LogP contribution in [0.5, 0.6) is 0 Å². The van der Waals surface area contributed by atoms with Gasteiger partial charge >= 0.3 is 4.87 Å². The number of thiazole rings is 1. The van der Waals surface area contributed by atoms with Crippen LogP contribution in [0.4, 0.5) is 5.69 Å². The number of halogens is 1. The van der Waals surface area contributed by atoms with Gasteiger partial charge in [-0.3, -0.25) is 24.1 Å². The van der Waals surface area contributed by atoms with Crippen LogP contribution in [-0.2, 0) is 24.4 Å². The Morgan fingerprint density at radius 1 is 1.02 bits per heavy atom. The Bertz CT molecular complexity index is 1770. The van der Waals surface area contributed by atoms with E-state index in [9.17, 15) is 27.6 Å². The van der Waals surface area contributed by atoms with Gasteiger partial charge in [0.1, 0.15) is 6.54 Å². The molecule has 2 aliphatic heterocycles. The number of likely N-dealkylation sites (tertiary alicyclic amines) is 1. The number of sulfonamides is 1. The molecule has 7 rings (SSSR count). The third-order valence-corrected chi connectivity index (χ3v) is 12.6. The van der Waals surface area contributed by atoms with Crippen molar-refractivity contribution < 1.29 is 22.8 Å². The molecule has 4 N–H and O–H groups in total. The first-order valence-corrected chi connectivity index (χ1v) is 16.6. The smallest absolute Gasteiger partial charge is 0.305 e. The van der Waals surface area contributed by atoms with Crippen LogP contribution in [0.2, 0.25) is 5.02 Å². The molecule has 14 heteroatoms. The molecule has 6 unspecified atom stereocenters. The molecular weight excluding hydrogens is 608 g/mol. The van der Waals surface area contributed by atoms with Gasteiger partial charge in [-0.25, -0.2) is 13.6 Å². The maximum absolute atomic E-state index is 13.7. The van der Waals surface area contributed by atoms with E-state index in [-0.39, 0.29) is 50.5 Å². The fourth-order valence-electron chi connectivity index (χ4n) is 7.35. The Labute approximate surface area is 247 Å². The van der Waals surface area contributed by atoms with E-state index < -0.39 is 34.3 Å². The van der Waals surface area contributed by atoms with Gasteiger partial charge in [-0.15, -0.1) is 11.8 Å². The minimum atomic E-state index is -3.88. The second kappa shape index (κ2) is 9.53. The number of benzene rings is 2. The van der Waals surface area contributed by atoms with Crippen molar-refractivity contribution in [3.63, 3.8) is 0 Å². The molecule has 1 aromatic heterocycles. The highest BCUT2D eigenvalue weighted by Gasteiger charge is 2.69. The molecular formula is C27H23ClN4O6S3. The summed E-state index contributed by atoms with van der Waals surface area (Å²) >= 11 is 8.96. The van der Waals surface area contributed by atoms with Crippen molar-refractivity contribution in [3.05, 3.63) is 73.7 Å². The standard InChI is InChI=1S/C27H23ClN4O6S3/c28-12-3-1-11(2-4-12)18-19-15-9-16(22(19)39-24-23(18)40-27(36)31-24)21-20(15)25(34)32(26(21)35)10-17(33)30-13-5-7-14(8-6-13)41(29,37)38/h1-8,15-16,18-22H,9-10H2,(H,30,33)(H,31,36)(H2,29,37,38)/t15?,16?,18-,19?,20?,21?,22?/m1/s1. The lowest BCUT2D eigenvalue weighted by Gasteiger charge is -2.43. The fraction of sp³-hybridized carbons (Fsp3) is 0.333. The summed E-state index contributed by atoms with van der Waals surface area (Å²) in [6.45, 7) is -0.426. The highest BCUT2D eigenvalue weighted by atomic mass is 35.5. The van der Waals surface area contributed by atoms with Crippen LogP contribution in [0, 0.1) is 29.6 Å². The van der Waals surface area contributed by atoms with Gasteiger partial charge in [-0.1, -0.05) is 35.1 Å². The maximum atomic E-state index is 13.7. The molecule has 2 bridgehead atoms. The number of anilines is 1. The van der Waals surface area contributed by atoms with E-state index in [4.69, 9.17) is 16.7 Å². The molecule has 2 aliphatic carbocycles. The minimum Gasteiger partial charge on any atom is -0.325 e. The van der Waals surface area contributed by atoms with Crippen LogP contribution >= 0.6 is 34.7 Å². The summed E-state index contributed by atoms with van der Waals surface area (Å²) in [5.74, 6) is -2.41. The number of thioether (sulfide) groups is 1. The quantitative estimate of drug-likeness (QED) is 0.366. The molecule has 3 heterocycles. The van der Waals surface area contributed by atoms with Crippen LogP contribution in [0.15, 0.2) is 63.2 Å². The summed E-state index contributed by atoms with van der Waals surface area (Å²) < 4.78 is 23.0. The van der Waals surface area contributed by atoms with Gasteiger partial charge in [0, 0.05) is 26.8 Å². The predicted octanol–water partition coefficient (Wildman–Crippen LogP) is 2.85.